The maximum absolute atomic E-state index is 13.7. The van der Waals surface area contributed by atoms with Crippen molar-refractivity contribution in [3.05, 3.63) is 82.1 Å². The Balaban J connectivity index is 1.37. The molecule has 0 bridgehead atoms. The van der Waals surface area contributed by atoms with Crippen molar-refractivity contribution in [3.8, 4) is 0 Å². The molecule has 0 saturated carbocycles. The van der Waals surface area contributed by atoms with Crippen molar-refractivity contribution in [2.45, 2.75) is 12.8 Å². The Morgan fingerprint density at radius 1 is 1.21 bits per heavy atom. The number of halogens is 3. The highest BCUT2D eigenvalue weighted by atomic mass is 35.5. The number of fused-ring (bicyclic) bond motifs is 1. The lowest BCUT2D eigenvalue weighted by molar-refractivity contribution is 0.0941. The van der Waals surface area contributed by atoms with E-state index in [0.29, 0.717) is 18.0 Å². The quantitative estimate of drug-likeness (QED) is 0.496. The number of amides is 1. The van der Waals surface area contributed by atoms with Gasteiger partial charge in [0.1, 0.15) is 0 Å². The summed E-state index contributed by atoms with van der Waals surface area (Å²) < 4.78 is 32.0. The van der Waals surface area contributed by atoms with Gasteiger partial charge >= 0.3 is 0 Å². The van der Waals surface area contributed by atoms with Crippen LogP contribution in [0.1, 0.15) is 27.6 Å². The molecule has 0 unspecified atom stereocenters. The van der Waals surface area contributed by atoms with Crippen LogP contribution >= 0.6 is 11.6 Å². The highest BCUT2D eigenvalue weighted by Gasteiger charge is 2.17. The number of carbonyl (C=O) groups excluding carboxylic acids is 1. The molecular formula is C20H15ClF2N4O2. The first-order valence-electron chi connectivity index (χ1n) is 8.80. The largest absolute Gasteiger partial charge is 0.361 e. The van der Waals surface area contributed by atoms with Crippen molar-refractivity contribution in [2.75, 3.05) is 6.54 Å². The molecule has 148 valence electrons. The van der Waals surface area contributed by atoms with Crippen molar-refractivity contribution in [1.82, 2.24) is 20.4 Å². The molecule has 2 heterocycles. The number of hydrogen-bond donors (Lipinski definition) is 2. The third-order valence-corrected chi connectivity index (χ3v) is 4.69. The normalized spacial score (nSPS) is 11.1. The van der Waals surface area contributed by atoms with Crippen LogP contribution in [0.4, 0.5) is 8.78 Å². The van der Waals surface area contributed by atoms with Gasteiger partial charge in [0, 0.05) is 34.2 Å². The monoisotopic (exact) mass is 416 g/mol. The third kappa shape index (κ3) is 4.12. The van der Waals surface area contributed by atoms with Crippen LogP contribution in [0.2, 0.25) is 5.02 Å². The van der Waals surface area contributed by atoms with E-state index in [4.69, 9.17) is 16.1 Å². The molecule has 4 rings (SSSR count). The van der Waals surface area contributed by atoms with Crippen LogP contribution < -0.4 is 5.32 Å². The Labute approximate surface area is 168 Å². The lowest BCUT2D eigenvalue weighted by Crippen LogP contribution is -2.26. The van der Waals surface area contributed by atoms with Crippen LogP contribution in [-0.2, 0) is 12.8 Å². The molecule has 1 amide bonds. The van der Waals surface area contributed by atoms with E-state index in [1.165, 1.54) is 12.1 Å². The minimum absolute atomic E-state index is 0.0194. The zero-order chi connectivity index (χ0) is 20.4. The van der Waals surface area contributed by atoms with Gasteiger partial charge in [-0.3, -0.25) is 4.79 Å². The van der Waals surface area contributed by atoms with E-state index in [2.05, 4.69) is 20.4 Å². The molecular weight excluding hydrogens is 402 g/mol. The summed E-state index contributed by atoms with van der Waals surface area (Å²) in [5.74, 6) is -2.60. The lowest BCUT2D eigenvalue weighted by atomic mass is 10.1. The number of aromatic nitrogens is 3. The molecule has 2 aromatic carbocycles. The smallest absolute Gasteiger partial charge is 0.292 e. The fraction of sp³-hybridized carbons (Fsp3) is 0.150. The van der Waals surface area contributed by atoms with Crippen LogP contribution in [0.5, 0.6) is 0 Å². The van der Waals surface area contributed by atoms with E-state index >= 15 is 0 Å². The van der Waals surface area contributed by atoms with Gasteiger partial charge in [-0.2, -0.15) is 4.98 Å². The second-order valence-electron chi connectivity index (χ2n) is 6.41. The van der Waals surface area contributed by atoms with Crippen molar-refractivity contribution in [1.29, 1.82) is 0 Å². The van der Waals surface area contributed by atoms with E-state index < -0.39 is 17.5 Å². The summed E-state index contributed by atoms with van der Waals surface area (Å²) in [5, 5.41) is 7.94. The van der Waals surface area contributed by atoms with Crippen molar-refractivity contribution in [2.24, 2.45) is 0 Å². The zero-order valence-corrected chi connectivity index (χ0v) is 15.8. The fourth-order valence-electron chi connectivity index (χ4n) is 3.01. The van der Waals surface area contributed by atoms with Crippen molar-refractivity contribution >= 4 is 28.4 Å². The van der Waals surface area contributed by atoms with Gasteiger partial charge in [-0.1, -0.05) is 28.9 Å². The Morgan fingerprint density at radius 3 is 2.93 bits per heavy atom. The molecule has 6 nitrogen and oxygen atoms in total. The molecule has 4 aromatic rings. The SMILES string of the molecule is O=C(NCCc1c[nH]c2ccc(Cl)cc12)c1noc(Cc2cccc(F)c2F)n1. The summed E-state index contributed by atoms with van der Waals surface area (Å²) in [7, 11) is 0. The summed E-state index contributed by atoms with van der Waals surface area (Å²) in [6.07, 6.45) is 2.33. The maximum atomic E-state index is 13.7. The van der Waals surface area contributed by atoms with E-state index in [1.54, 1.807) is 6.07 Å². The number of rotatable bonds is 6. The first-order valence-corrected chi connectivity index (χ1v) is 9.18. The van der Waals surface area contributed by atoms with Crippen LogP contribution in [0.3, 0.4) is 0 Å². The summed E-state index contributed by atoms with van der Waals surface area (Å²) in [6, 6.07) is 9.37. The van der Waals surface area contributed by atoms with Crippen LogP contribution in [0, 0.1) is 11.6 Å². The second kappa shape index (κ2) is 8.00. The molecule has 0 aliphatic heterocycles. The van der Waals surface area contributed by atoms with Gasteiger partial charge in [0.25, 0.3) is 11.7 Å². The molecule has 0 fully saturated rings. The molecule has 0 saturated heterocycles. The summed E-state index contributed by atoms with van der Waals surface area (Å²) in [6.45, 7) is 0.348. The first-order chi connectivity index (χ1) is 14.0. The number of nitrogens with one attached hydrogen (secondary N) is 2. The van der Waals surface area contributed by atoms with E-state index in [1.807, 2.05) is 18.3 Å². The molecule has 9 heteroatoms. The molecule has 2 N–H and O–H groups in total. The summed E-state index contributed by atoms with van der Waals surface area (Å²) >= 11 is 6.04. The fourth-order valence-corrected chi connectivity index (χ4v) is 3.19. The van der Waals surface area contributed by atoms with Gasteiger partial charge in [0.05, 0.1) is 6.42 Å². The Bertz CT molecular complexity index is 1190. The minimum atomic E-state index is -0.976. The predicted octanol–water partition coefficient (Wildman–Crippen LogP) is 4.05. The highest BCUT2D eigenvalue weighted by Crippen LogP contribution is 2.22. The number of nitrogens with zero attached hydrogens (tertiary/aromatic N) is 2. The third-order valence-electron chi connectivity index (χ3n) is 4.45. The van der Waals surface area contributed by atoms with Crippen LogP contribution in [0.15, 0.2) is 47.1 Å². The van der Waals surface area contributed by atoms with Gasteiger partial charge in [-0.05, 0) is 36.2 Å². The Morgan fingerprint density at radius 2 is 2.07 bits per heavy atom. The highest BCUT2D eigenvalue weighted by molar-refractivity contribution is 6.31. The Hall–Kier alpha value is -3.26. The Kier molecular flexibility index (Phi) is 5.26. The van der Waals surface area contributed by atoms with Gasteiger partial charge in [0.15, 0.2) is 11.6 Å². The van der Waals surface area contributed by atoms with Crippen LogP contribution in [-0.4, -0.2) is 27.6 Å². The van der Waals surface area contributed by atoms with E-state index in [9.17, 15) is 13.6 Å². The van der Waals surface area contributed by atoms with Gasteiger partial charge in [-0.25, -0.2) is 8.78 Å². The van der Waals surface area contributed by atoms with Crippen molar-refractivity contribution in [3.63, 3.8) is 0 Å². The average molecular weight is 417 g/mol. The molecule has 29 heavy (non-hydrogen) atoms. The summed E-state index contributed by atoms with van der Waals surface area (Å²) in [4.78, 5) is 19.3. The average Bonchev–Trinajstić information content (AvgIpc) is 3.33. The molecule has 0 aliphatic rings. The zero-order valence-electron chi connectivity index (χ0n) is 15.0. The van der Waals surface area contributed by atoms with Crippen LogP contribution in [0.25, 0.3) is 10.9 Å². The second-order valence-corrected chi connectivity index (χ2v) is 6.85. The minimum Gasteiger partial charge on any atom is -0.361 e. The molecule has 0 spiro atoms. The number of hydrogen-bond acceptors (Lipinski definition) is 4. The number of H-pyrrole nitrogens is 1. The standard InChI is InChI=1S/C20H15ClF2N4O2/c21-13-4-5-16-14(9-13)12(10-25-16)6-7-24-20(28)19-26-17(29-27-19)8-11-2-1-3-15(22)18(11)23/h1-5,9-10,25H,6-8H2,(H,24,28). The molecule has 0 aliphatic carbocycles. The number of carbonyl (C=O) groups is 1. The first kappa shape index (κ1) is 19.1. The van der Waals surface area contributed by atoms with Gasteiger partial charge in [-0.15, -0.1) is 0 Å². The maximum Gasteiger partial charge on any atom is 0.292 e. The van der Waals surface area contributed by atoms with E-state index in [0.717, 1.165) is 22.5 Å². The molecule has 2 aromatic heterocycles. The van der Waals surface area contributed by atoms with Gasteiger partial charge < -0.3 is 14.8 Å². The topological polar surface area (TPSA) is 83.8 Å². The predicted molar refractivity (Wildman–Crippen MR) is 103 cm³/mol. The lowest BCUT2D eigenvalue weighted by Gasteiger charge is -2.02. The van der Waals surface area contributed by atoms with E-state index in [-0.39, 0.29) is 23.7 Å². The van der Waals surface area contributed by atoms with Crippen molar-refractivity contribution < 1.29 is 18.1 Å². The molecule has 0 atom stereocenters. The molecule has 0 radical (unpaired) electrons. The number of aromatic amines is 1. The summed E-state index contributed by atoms with van der Waals surface area (Å²) in [5.41, 5.74) is 2.04. The van der Waals surface area contributed by atoms with Gasteiger partial charge in [0.2, 0.25) is 5.89 Å². The number of benzene rings is 2.